The van der Waals surface area contributed by atoms with Crippen molar-refractivity contribution in [3.63, 3.8) is 0 Å². The van der Waals surface area contributed by atoms with Gasteiger partial charge in [-0.1, -0.05) is 0 Å². The molecule has 1 nitrogen and oxygen atoms in total. The molecule has 0 saturated carbocycles. The molecule has 0 amide bonds. The van der Waals surface area contributed by atoms with Gasteiger partial charge in [0.15, 0.2) is 0 Å². The van der Waals surface area contributed by atoms with Gasteiger partial charge in [-0.3, -0.25) is 0 Å². The summed E-state index contributed by atoms with van der Waals surface area (Å²) in [7, 11) is 0. The maximum atomic E-state index is 5.97. The fourth-order valence-electron chi connectivity index (χ4n) is 2.45. The van der Waals surface area contributed by atoms with E-state index in [0.29, 0.717) is 6.61 Å². The second kappa shape index (κ2) is 8.11. The molecule has 0 saturated heterocycles. The Bertz CT molecular complexity index is 738. The number of rotatable bonds is 5. The Kier molecular flexibility index (Phi) is 5.64. The van der Waals surface area contributed by atoms with Gasteiger partial charge < -0.3 is 0 Å². The molecule has 0 fully saturated rings. The fourth-order valence-corrected chi connectivity index (χ4v) is 3.42. The van der Waals surface area contributed by atoms with Crippen LogP contribution in [0.2, 0.25) is 0 Å². The van der Waals surface area contributed by atoms with Crippen LogP contribution in [0.25, 0.3) is 5.57 Å². The minimum atomic E-state index is 0.568. The second-order valence-corrected chi connectivity index (χ2v) is 7.25. The van der Waals surface area contributed by atoms with Crippen molar-refractivity contribution in [1.82, 2.24) is 0 Å². The van der Waals surface area contributed by atoms with E-state index in [2.05, 4.69) is 66.7 Å². The summed E-state index contributed by atoms with van der Waals surface area (Å²) in [5.41, 5.74) is 3.62. The van der Waals surface area contributed by atoms with E-state index in [1.54, 1.807) is 0 Å². The predicted octanol–water partition coefficient (Wildman–Crippen LogP) is 3.99. The van der Waals surface area contributed by atoms with Crippen molar-refractivity contribution in [2.75, 3.05) is 6.61 Å². The zero-order chi connectivity index (χ0) is 15.9. The van der Waals surface area contributed by atoms with Gasteiger partial charge in [-0.15, -0.1) is 0 Å². The third-order valence-electron chi connectivity index (χ3n) is 3.58. The van der Waals surface area contributed by atoms with E-state index in [0.717, 1.165) is 31.5 Å². The van der Waals surface area contributed by atoms with Crippen LogP contribution in [0.1, 0.15) is 11.1 Å². The Morgan fingerprint density at radius 3 is 1.83 bits per heavy atom. The van der Waals surface area contributed by atoms with E-state index in [-0.39, 0.29) is 0 Å². The van der Waals surface area contributed by atoms with Crippen LogP contribution in [0.4, 0.5) is 0 Å². The molecule has 0 atom stereocenters. The van der Waals surface area contributed by atoms with E-state index in [1.807, 2.05) is 24.3 Å². The van der Waals surface area contributed by atoms with Crippen molar-refractivity contribution in [1.29, 1.82) is 0 Å². The van der Waals surface area contributed by atoms with Crippen LogP contribution in [0.15, 0.2) is 91.0 Å². The third-order valence-corrected chi connectivity index (χ3v) is 5.19. The quantitative estimate of drug-likeness (QED) is 0.490. The Labute approximate surface area is 153 Å². The predicted molar refractivity (Wildman–Crippen MR) is 97.3 cm³/mol. The maximum absolute atomic E-state index is 5.97. The number of hydrogen-bond acceptors (Lipinski definition) is 1. The van der Waals surface area contributed by atoms with Crippen LogP contribution >= 0.6 is 0 Å². The Hall–Kier alpha value is -1.88. The first-order valence-electron chi connectivity index (χ1n) is 7.59. The van der Waals surface area contributed by atoms with Gasteiger partial charge in [-0.25, -0.2) is 0 Å². The van der Waals surface area contributed by atoms with Crippen LogP contribution < -0.4 is 7.86 Å². The van der Waals surface area contributed by atoms with Crippen molar-refractivity contribution in [2.24, 2.45) is 0 Å². The van der Waals surface area contributed by atoms with E-state index in [4.69, 9.17) is 4.74 Å². The fraction of sp³-hybridized carbons (Fsp3) is 0.0476. The van der Waals surface area contributed by atoms with Gasteiger partial charge >= 0.3 is 154 Å². The second-order valence-electron chi connectivity index (χ2n) is 5.16. The standard InChI is InChI=1S/C21H17O.Pb/c1-4-10-18(11-5-1)21(19-12-6-2-7-13-19)16-17-22-20-14-8-3-9-15-20;/h1-14,16H,17H2;. The average molecular weight is 493 g/mol. The molecule has 0 unspecified atom stereocenters. The molecule has 0 heterocycles. The number of para-hydroxylation sites is 1. The summed E-state index contributed by atoms with van der Waals surface area (Å²) in [5, 5.41) is 0. The third kappa shape index (κ3) is 4.32. The summed E-state index contributed by atoms with van der Waals surface area (Å²) in [4.78, 5) is 0. The molecule has 3 radical (unpaired) electrons. The molecule has 23 heavy (non-hydrogen) atoms. The molecule has 0 N–H and O–H groups in total. The normalized spacial score (nSPS) is 10.1. The van der Waals surface area contributed by atoms with Gasteiger partial charge in [0.05, 0.1) is 0 Å². The van der Waals surface area contributed by atoms with Gasteiger partial charge in [-0.2, -0.15) is 0 Å². The van der Waals surface area contributed by atoms with E-state index in [1.165, 1.54) is 19.8 Å². The summed E-state index contributed by atoms with van der Waals surface area (Å²) in [6.45, 7) is 0.568. The molecule has 0 aliphatic rings. The molecule has 3 rings (SSSR count). The van der Waals surface area contributed by atoms with Gasteiger partial charge in [0.1, 0.15) is 0 Å². The first-order chi connectivity index (χ1) is 11.3. The van der Waals surface area contributed by atoms with Crippen LogP contribution in [0.5, 0.6) is 5.75 Å². The van der Waals surface area contributed by atoms with Crippen LogP contribution in [-0.4, -0.2) is 32.4 Å². The number of hydrogen-bond donors (Lipinski definition) is 0. The van der Waals surface area contributed by atoms with Crippen LogP contribution in [0.3, 0.4) is 0 Å². The number of benzene rings is 3. The molecule has 0 aliphatic carbocycles. The van der Waals surface area contributed by atoms with Crippen molar-refractivity contribution in [3.8, 4) is 5.75 Å². The molecule has 3 aromatic carbocycles. The van der Waals surface area contributed by atoms with E-state index in [9.17, 15) is 0 Å². The zero-order valence-corrected chi connectivity index (χ0v) is 16.7. The molecule has 0 spiro atoms. The topological polar surface area (TPSA) is 9.23 Å². The van der Waals surface area contributed by atoms with E-state index >= 15 is 0 Å². The van der Waals surface area contributed by atoms with Crippen molar-refractivity contribution in [2.45, 2.75) is 0 Å². The molecule has 0 bridgehead atoms. The van der Waals surface area contributed by atoms with Gasteiger partial charge in [-0.05, 0) is 0 Å². The Balaban J connectivity index is 1.85. The Morgan fingerprint density at radius 1 is 0.739 bits per heavy atom. The Morgan fingerprint density at radius 2 is 1.26 bits per heavy atom. The summed E-state index contributed by atoms with van der Waals surface area (Å²) in [6.07, 6.45) is 2.17. The SMILES string of the molecule is [Pb][c]1ccccc1OCC=C(c1ccccc1)c1ccccc1. The van der Waals surface area contributed by atoms with Crippen molar-refractivity contribution >= 4 is 34.5 Å². The molecule has 3 aromatic rings. The van der Waals surface area contributed by atoms with Crippen LogP contribution in [-0.2, 0) is 0 Å². The molecule has 2 heteroatoms. The van der Waals surface area contributed by atoms with Crippen LogP contribution in [0, 0.1) is 0 Å². The summed E-state index contributed by atoms with van der Waals surface area (Å²) >= 11 is 0.994. The molecule has 0 aliphatic heterocycles. The first-order valence-corrected chi connectivity index (χ1v) is 9.53. The molecular weight excluding hydrogens is 475 g/mol. The number of ether oxygens (including phenoxy) is 1. The van der Waals surface area contributed by atoms with Gasteiger partial charge in [0.2, 0.25) is 0 Å². The minimum absolute atomic E-state index is 0.568. The molecule has 0 aromatic heterocycles. The van der Waals surface area contributed by atoms with Gasteiger partial charge in [0, 0.05) is 0 Å². The van der Waals surface area contributed by atoms with Crippen molar-refractivity contribution in [3.05, 3.63) is 102 Å². The average Bonchev–Trinajstić information content (AvgIpc) is 2.62. The first kappa shape index (κ1) is 16.0. The van der Waals surface area contributed by atoms with E-state index < -0.39 is 0 Å². The van der Waals surface area contributed by atoms with Gasteiger partial charge in [0.25, 0.3) is 0 Å². The van der Waals surface area contributed by atoms with Crippen molar-refractivity contribution < 1.29 is 4.74 Å². The molecular formula is C21H17OPb. The summed E-state index contributed by atoms with van der Waals surface area (Å²) < 4.78 is 7.26. The summed E-state index contributed by atoms with van der Waals surface area (Å²) in [6, 6.07) is 29.2. The zero-order valence-electron chi connectivity index (χ0n) is 12.8. The molecule has 111 valence electrons. The summed E-state index contributed by atoms with van der Waals surface area (Å²) in [5.74, 6) is 0.996. The monoisotopic (exact) mass is 493 g/mol.